The van der Waals surface area contributed by atoms with Crippen molar-refractivity contribution in [1.82, 2.24) is 0 Å². The topological polar surface area (TPSA) is 40.6 Å². The summed E-state index contributed by atoms with van der Waals surface area (Å²) in [6.45, 7) is 1.04. The summed E-state index contributed by atoms with van der Waals surface area (Å²) in [5.74, 6) is 0.671. The normalized spacial score (nSPS) is 16.2. The molecule has 4 heteroatoms. The number of carbonyl (C=O) groups is 2. The SMILES string of the molecule is O=C(C1CC1)N(CCN(C(=O)C1CC1)c1ccccc1)c1ccccc1. The molecule has 2 fully saturated rings. The molecule has 2 aliphatic carbocycles. The standard InChI is InChI=1S/C22H24N2O2/c25-21(17-11-12-17)23(19-7-3-1-4-8-19)15-16-24(22(26)18-13-14-18)20-9-5-2-6-10-20/h1-10,17-18H,11-16H2. The summed E-state index contributed by atoms with van der Waals surface area (Å²) >= 11 is 0. The highest BCUT2D eigenvalue weighted by Gasteiger charge is 2.36. The number of carbonyl (C=O) groups excluding carboxylic acids is 2. The first-order chi connectivity index (χ1) is 12.7. The van der Waals surface area contributed by atoms with Gasteiger partial charge in [0.05, 0.1) is 0 Å². The van der Waals surface area contributed by atoms with Crippen molar-refractivity contribution < 1.29 is 9.59 Å². The number of benzene rings is 2. The highest BCUT2D eigenvalue weighted by molar-refractivity contribution is 5.98. The van der Waals surface area contributed by atoms with Crippen molar-refractivity contribution in [3.63, 3.8) is 0 Å². The van der Waals surface area contributed by atoms with Crippen LogP contribution in [0.4, 0.5) is 11.4 Å². The second kappa shape index (κ2) is 7.32. The molecule has 2 aliphatic rings. The van der Waals surface area contributed by atoms with Crippen LogP contribution in [0, 0.1) is 11.8 Å². The van der Waals surface area contributed by atoms with Gasteiger partial charge in [-0.2, -0.15) is 0 Å². The van der Waals surface area contributed by atoms with E-state index in [1.54, 1.807) is 0 Å². The lowest BCUT2D eigenvalue weighted by molar-refractivity contribution is -0.121. The molecule has 134 valence electrons. The molecule has 2 aromatic carbocycles. The molecular weight excluding hydrogens is 324 g/mol. The first-order valence-corrected chi connectivity index (χ1v) is 9.47. The lowest BCUT2D eigenvalue weighted by Gasteiger charge is -2.28. The number of hydrogen-bond donors (Lipinski definition) is 0. The van der Waals surface area contributed by atoms with Gasteiger partial charge < -0.3 is 9.80 Å². The zero-order valence-electron chi connectivity index (χ0n) is 14.9. The largest absolute Gasteiger partial charge is 0.310 e. The van der Waals surface area contributed by atoms with Gasteiger partial charge in [0.1, 0.15) is 0 Å². The highest BCUT2D eigenvalue weighted by Crippen LogP contribution is 2.34. The van der Waals surface area contributed by atoms with Gasteiger partial charge in [0, 0.05) is 36.3 Å². The fraction of sp³-hybridized carbons (Fsp3) is 0.364. The van der Waals surface area contributed by atoms with E-state index < -0.39 is 0 Å². The molecule has 0 radical (unpaired) electrons. The molecule has 0 N–H and O–H groups in total. The lowest BCUT2D eigenvalue weighted by Crippen LogP contribution is -2.42. The summed E-state index contributed by atoms with van der Waals surface area (Å²) in [5, 5.41) is 0. The number of hydrogen-bond acceptors (Lipinski definition) is 2. The van der Waals surface area contributed by atoms with Crippen molar-refractivity contribution in [3.05, 3.63) is 60.7 Å². The van der Waals surface area contributed by atoms with Gasteiger partial charge in [-0.05, 0) is 49.9 Å². The Hall–Kier alpha value is -2.62. The van der Waals surface area contributed by atoms with Crippen LogP contribution in [0.2, 0.25) is 0 Å². The van der Waals surface area contributed by atoms with Crippen molar-refractivity contribution in [1.29, 1.82) is 0 Å². The molecule has 0 unspecified atom stereocenters. The summed E-state index contributed by atoms with van der Waals surface area (Å²) in [6, 6.07) is 19.6. The van der Waals surface area contributed by atoms with E-state index in [1.807, 2.05) is 70.5 Å². The molecule has 0 spiro atoms. The van der Waals surface area contributed by atoms with Crippen LogP contribution in [-0.4, -0.2) is 24.9 Å². The van der Waals surface area contributed by atoms with Crippen molar-refractivity contribution in [3.8, 4) is 0 Å². The summed E-state index contributed by atoms with van der Waals surface area (Å²) in [4.78, 5) is 29.3. The number of anilines is 2. The predicted octanol–water partition coefficient (Wildman–Crippen LogP) is 3.87. The first-order valence-electron chi connectivity index (χ1n) is 9.47. The third kappa shape index (κ3) is 3.79. The predicted molar refractivity (Wildman–Crippen MR) is 103 cm³/mol. The van der Waals surface area contributed by atoms with E-state index >= 15 is 0 Å². The average Bonchev–Trinajstić information content (AvgIpc) is 3.59. The van der Waals surface area contributed by atoms with Crippen LogP contribution in [0.15, 0.2) is 60.7 Å². The molecule has 2 saturated carbocycles. The van der Waals surface area contributed by atoms with Crippen molar-refractivity contribution in [2.75, 3.05) is 22.9 Å². The number of rotatable bonds is 7. The van der Waals surface area contributed by atoms with E-state index in [2.05, 4.69) is 0 Å². The minimum Gasteiger partial charge on any atom is -0.310 e. The number of amides is 2. The van der Waals surface area contributed by atoms with E-state index in [9.17, 15) is 9.59 Å². The van der Waals surface area contributed by atoms with Crippen LogP contribution < -0.4 is 9.80 Å². The van der Waals surface area contributed by atoms with Crippen molar-refractivity contribution in [2.45, 2.75) is 25.7 Å². The van der Waals surface area contributed by atoms with Gasteiger partial charge in [0.2, 0.25) is 11.8 Å². The molecule has 0 saturated heterocycles. The number of para-hydroxylation sites is 2. The zero-order chi connectivity index (χ0) is 17.9. The fourth-order valence-corrected chi connectivity index (χ4v) is 3.25. The van der Waals surface area contributed by atoms with Gasteiger partial charge in [-0.1, -0.05) is 36.4 Å². The summed E-state index contributed by atoms with van der Waals surface area (Å²) in [6.07, 6.45) is 3.91. The molecule has 26 heavy (non-hydrogen) atoms. The first kappa shape index (κ1) is 16.8. The molecular formula is C22H24N2O2. The van der Waals surface area contributed by atoms with Crippen LogP contribution in [0.1, 0.15) is 25.7 Å². The van der Waals surface area contributed by atoms with E-state index in [0.717, 1.165) is 37.1 Å². The van der Waals surface area contributed by atoms with Crippen LogP contribution in [0.25, 0.3) is 0 Å². The Balaban J connectivity index is 1.53. The molecule has 0 aromatic heterocycles. The molecule has 0 bridgehead atoms. The third-order valence-electron chi connectivity index (χ3n) is 5.07. The fourth-order valence-electron chi connectivity index (χ4n) is 3.25. The maximum atomic E-state index is 12.8. The summed E-state index contributed by atoms with van der Waals surface area (Å²) < 4.78 is 0. The van der Waals surface area contributed by atoms with E-state index in [1.165, 1.54) is 0 Å². The molecule has 2 amide bonds. The molecule has 0 heterocycles. The zero-order valence-corrected chi connectivity index (χ0v) is 14.9. The molecule has 4 nitrogen and oxygen atoms in total. The highest BCUT2D eigenvalue weighted by atomic mass is 16.2. The summed E-state index contributed by atoms with van der Waals surface area (Å²) in [5.41, 5.74) is 1.83. The Morgan fingerprint density at radius 2 is 1.00 bits per heavy atom. The Labute approximate surface area is 154 Å². The van der Waals surface area contributed by atoms with Crippen LogP contribution >= 0.6 is 0 Å². The minimum atomic E-state index is 0.152. The maximum absolute atomic E-state index is 12.8. The van der Waals surface area contributed by atoms with Gasteiger partial charge in [-0.15, -0.1) is 0 Å². The lowest BCUT2D eigenvalue weighted by atomic mass is 10.2. The average molecular weight is 348 g/mol. The van der Waals surface area contributed by atoms with Gasteiger partial charge in [-0.25, -0.2) is 0 Å². The van der Waals surface area contributed by atoms with Gasteiger partial charge >= 0.3 is 0 Å². The molecule has 2 aromatic rings. The molecule has 4 rings (SSSR count). The maximum Gasteiger partial charge on any atom is 0.230 e. The Morgan fingerprint density at radius 1 is 0.654 bits per heavy atom. The van der Waals surface area contributed by atoms with Gasteiger partial charge in [-0.3, -0.25) is 9.59 Å². The second-order valence-corrected chi connectivity index (χ2v) is 7.20. The molecule has 0 aliphatic heterocycles. The molecule has 0 atom stereocenters. The Bertz CT molecular complexity index is 700. The Kier molecular flexibility index (Phi) is 4.74. The van der Waals surface area contributed by atoms with Crippen molar-refractivity contribution in [2.24, 2.45) is 11.8 Å². The number of nitrogens with zero attached hydrogens (tertiary/aromatic N) is 2. The monoisotopic (exact) mass is 348 g/mol. The third-order valence-corrected chi connectivity index (χ3v) is 5.07. The minimum absolute atomic E-state index is 0.152. The van der Waals surface area contributed by atoms with Gasteiger partial charge in [0.25, 0.3) is 0 Å². The van der Waals surface area contributed by atoms with Crippen LogP contribution in [-0.2, 0) is 9.59 Å². The van der Waals surface area contributed by atoms with Gasteiger partial charge in [0.15, 0.2) is 0 Å². The quantitative estimate of drug-likeness (QED) is 0.762. The summed E-state index contributed by atoms with van der Waals surface area (Å²) in [7, 11) is 0. The second-order valence-electron chi connectivity index (χ2n) is 7.20. The Morgan fingerprint density at radius 3 is 1.31 bits per heavy atom. The van der Waals surface area contributed by atoms with Crippen molar-refractivity contribution >= 4 is 23.2 Å². The van der Waals surface area contributed by atoms with E-state index in [0.29, 0.717) is 13.1 Å². The van der Waals surface area contributed by atoms with Crippen LogP contribution in [0.5, 0.6) is 0 Å². The van der Waals surface area contributed by atoms with E-state index in [4.69, 9.17) is 0 Å². The van der Waals surface area contributed by atoms with Crippen LogP contribution in [0.3, 0.4) is 0 Å². The smallest absolute Gasteiger partial charge is 0.230 e. The van der Waals surface area contributed by atoms with E-state index in [-0.39, 0.29) is 23.7 Å².